The summed E-state index contributed by atoms with van der Waals surface area (Å²) in [6.07, 6.45) is 5.53. The Morgan fingerprint density at radius 1 is 1.03 bits per heavy atom. The third-order valence-electron chi connectivity index (χ3n) is 7.17. The minimum atomic E-state index is -0.897. The van der Waals surface area contributed by atoms with E-state index in [0.717, 1.165) is 0 Å². The number of halogens is 2. The summed E-state index contributed by atoms with van der Waals surface area (Å²) >= 11 is 6.50. The average Bonchev–Trinajstić information content (AvgIpc) is 3.08. The van der Waals surface area contributed by atoms with Gasteiger partial charge >= 0.3 is 0 Å². The molecule has 3 aromatic rings. The second-order valence-electron chi connectivity index (χ2n) is 10.7. The van der Waals surface area contributed by atoms with E-state index in [1.165, 1.54) is 17.0 Å². The molecule has 1 aliphatic rings. The lowest BCUT2D eigenvalue weighted by Crippen LogP contribution is -2.40. The van der Waals surface area contributed by atoms with Crippen LogP contribution in [0.4, 0.5) is 15.9 Å². The first-order valence-electron chi connectivity index (χ1n) is 12.2. The smallest absolute Gasteiger partial charge is 0.218 e. The molecule has 1 aromatic heterocycles. The maximum absolute atomic E-state index is 14.9. The number of nitrogens with zero attached hydrogens (tertiary/aromatic N) is 4. The molecule has 1 atom stereocenters. The standard InChI is InChI=1S/C29H32ClFN4O3/c1-28(2)16-35(17-29(28,3)38)26-13-20(8-9-32-26)23-15-21(31)14-22(27(23)37)19-6-7-25(24(30)12-19)34(18-36)11-10-33(4)5/h6-15,18,37-38H,16-17H2,1-5H3/b11-10-. The molecular formula is C29H32ClFN4O3. The van der Waals surface area contributed by atoms with Gasteiger partial charge in [-0.2, -0.15) is 0 Å². The first-order chi connectivity index (χ1) is 17.8. The van der Waals surface area contributed by atoms with E-state index < -0.39 is 11.4 Å². The highest BCUT2D eigenvalue weighted by Crippen LogP contribution is 2.43. The molecule has 2 heterocycles. The summed E-state index contributed by atoms with van der Waals surface area (Å²) in [5, 5.41) is 22.3. The quantitative estimate of drug-likeness (QED) is 0.386. The van der Waals surface area contributed by atoms with E-state index in [4.69, 9.17) is 11.6 Å². The molecule has 1 amide bonds. The zero-order chi connectivity index (χ0) is 27.8. The minimum Gasteiger partial charge on any atom is -0.507 e. The number of benzene rings is 2. The Kier molecular flexibility index (Phi) is 7.41. The van der Waals surface area contributed by atoms with Crippen LogP contribution in [-0.4, -0.2) is 59.3 Å². The number of carbonyl (C=O) groups excluding carboxylic acids is 1. The van der Waals surface area contributed by atoms with E-state index >= 15 is 0 Å². The third kappa shape index (κ3) is 5.33. The number of hydrogen-bond donors (Lipinski definition) is 2. The molecule has 2 N–H and O–H groups in total. The van der Waals surface area contributed by atoms with Crippen LogP contribution in [0.1, 0.15) is 20.8 Å². The van der Waals surface area contributed by atoms with Crippen LogP contribution in [0.15, 0.2) is 61.1 Å². The molecule has 0 saturated carbocycles. The number of anilines is 2. The monoisotopic (exact) mass is 538 g/mol. The number of aromatic nitrogens is 1. The largest absolute Gasteiger partial charge is 0.507 e. The topological polar surface area (TPSA) is 80.1 Å². The van der Waals surface area contributed by atoms with E-state index in [2.05, 4.69) is 4.98 Å². The first-order valence-corrected chi connectivity index (χ1v) is 12.6. The predicted molar refractivity (Wildman–Crippen MR) is 150 cm³/mol. The Labute approximate surface area is 227 Å². The van der Waals surface area contributed by atoms with Gasteiger partial charge in [-0.1, -0.05) is 31.5 Å². The SMILES string of the molecule is CN(C)/C=C\N(C=O)c1ccc(-c2cc(F)cc(-c3ccnc(N4CC(C)(C)C(C)(O)C4)c3)c2O)cc1Cl. The molecule has 0 bridgehead atoms. The molecule has 0 radical (unpaired) electrons. The zero-order valence-electron chi connectivity index (χ0n) is 22.1. The van der Waals surface area contributed by atoms with Crippen LogP contribution in [0.25, 0.3) is 22.3 Å². The van der Waals surface area contributed by atoms with Crippen LogP contribution in [0.5, 0.6) is 5.75 Å². The Balaban J connectivity index is 1.71. The van der Waals surface area contributed by atoms with Crippen molar-refractivity contribution < 1.29 is 19.4 Å². The van der Waals surface area contributed by atoms with Crippen molar-refractivity contribution in [3.05, 3.63) is 71.9 Å². The molecule has 1 unspecified atom stereocenters. The molecule has 4 rings (SSSR count). The van der Waals surface area contributed by atoms with Crippen molar-refractivity contribution in [2.45, 2.75) is 26.4 Å². The summed E-state index contributed by atoms with van der Waals surface area (Å²) in [5.41, 5.74) is 0.851. The summed E-state index contributed by atoms with van der Waals surface area (Å²) < 4.78 is 14.9. The third-order valence-corrected chi connectivity index (χ3v) is 7.48. The van der Waals surface area contributed by atoms with Gasteiger partial charge in [0.2, 0.25) is 6.41 Å². The summed E-state index contributed by atoms with van der Waals surface area (Å²) in [7, 11) is 3.66. The van der Waals surface area contributed by atoms with Gasteiger partial charge in [-0.15, -0.1) is 0 Å². The van der Waals surface area contributed by atoms with Gasteiger partial charge in [0, 0.05) is 62.3 Å². The van der Waals surface area contributed by atoms with Gasteiger partial charge in [0.25, 0.3) is 0 Å². The number of β-amino-alcohol motifs (C(OH)–C–C–N with tert-alkyl or cyclic N) is 1. The van der Waals surface area contributed by atoms with Gasteiger partial charge in [0.05, 0.1) is 16.3 Å². The highest BCUT2D eigenvalue weighted by atomic mass is 35.5. The molecule has 38 heavy (non-hydrogen) atoms. The summed E-state index contributed by atoms with van der Waals surface area (Å²) in [5.74, 6) is -0.00779. The Morgan fingerprint density at radius 3 is 2.24 bits per heavy atom. The van der Waals surface area contributed by atoms with Gasteiger partial charge in [0.15, 0.2) is 0 Å². The number of rotatable bonds is 7. The number of pyridine rings is 1. The fraction of sp³-hybridized carbons (Fsp3) is 0.310. The Bertz CT molecular complexity index is 1370. The number of phenolic OH excluding ortho intramolecular Hbond substituents is 1. The summed E-state index contributed by atoms with van der Waals surface area (Å²) in [4.78, 5) is 21.2. The molecule has 200 valence electrons. The Hall–Kier alpha value is -3.62. The van der Waals surface area contributed by atoms with Gasteiger partial charge < -0.3 is 20.0 Å². The van der Waals surface area contributed by atoms with Gasteiger partial charge in [-0.3, -0.25) is 9.69 Å². The maximum atomic E-state index is 14.9. The second-order valence-corrected chi connectivity index (χ2v) is 11.1. The normalized spacial score (nSPS) is 18.7. The maximum Gasteiger partial charge on any atom is 0.218 e. The van der Waals surface area contributed by atoms with Crippen LogP contribution in [0.3, 0.4) is 0 Å². The van der Waals surface area contributed by atoms with E-state index in [0.29, 0.717) is 47.7 Å². The fourth-order valence-electron chi connectivity index (χ4n) is 4.51. The number of amides is 1. The molecular weight excluding hydrogens is 507 g/mol. The van der Waals surface area contributed by atoms with Crippen molar-refractivity contribution in [1.29, 1.82) is 0 Å². The van der Waals surface area contributed by atoms with Gasteiger partial charge in [0.1, 0.15) is 17.4 Å². The van der Waals surface area contributed by atoms with Crippen molar-refractivity contribution in [2.75, 3.05) is 37.0 Å². The number of aliphatic hydroxyl groups is 1. The van der Waals surface area contributed by atoms with E-state index in [1.807, 2.05) is 39.8 Å². The summed E-state index contributed by atoms with van der Waals surface area (Å²) in [6.45, 7) is 6.83. The molecule has 1 saturated heterocycles. The average molecular weight is 539 g/mol. The molecule has 1 aliphatic heterocycles. The van der Waals surface area contributed by atoms with Crippen molar-refractivity contribution in [3.8, 4) is 28.0 Å². The first kappa shape index (κ1) is 27.4. The van der Waals surface area contributed by atoms with Crippen LogP contribution >= 0.6 is 11.6 Å². The van der Waals surface area contributed by atoms with Crippen molar-refractivity contribution in [2.24, 2.45) is 5.41 Å². The van der Waals surface area contributed by atoms with Crippen molar-refractivity contribution in [1.82, 2.24) is 9.88 Å². The van der Waals surface area contributed by atoms with Crippen LogP contribution in [0.2, 0.25) is 5.02 Å². The lowest BCUT2D eigenvalue weighted by Gasteiger charge is -2.30. The molecule has 9 heteroatoms. The van der Waals surface area contributed by atoms with Crippen molar-refractivity contribution in [3.63, 3.8) is 0 Å². The number of phenols is 1. The number of carbonyl (C=O) groups is 1. The lowest BCUT2D eigenvalue weighted by molar-refractivity contribution is -0.107. The second kappa shape index (κ2) is 10.3. The molecule has 0 spiro atoms. The molecule has 2 aromatic carbocycles. The Morgan fingerprint density at radius 2 is 1.68 bits per heavy atom. The molecule has 0 aliphatic carbocycles. The summed E-state index contributed by atoms with van der Waals surface area (Å²) in [6, 6.07) is 10.9. The number of aromatic hydroxyl groups is 1. The lowest BCUT2D eigenvalue weighted by atomic mass is 9.79. The van der Waals surface area contributed by atoms with E-state index in [1.54, 1.807) is 53.8 Å². The van der Waals surface area contributed by atoms with Crippen molar-refractivity contribution >= 4 is 29.5 Å². The number of hydrogen-bond acceptors (Lipinski definition) is 6. The van der Waals surface area contributed by atoms with E-state index in [-0.39, 0.29) is 21.8 Å². The fourth-order valence-corrected chi connectivity index (χ4v) is 4.79. The highest BCUT2D eigenvalue weighted by Gasteiger charge is 2.48. The molecule has 7 nitrogen and oxygen atoms in total. The minimum absolute atomic E-state index is 0.110. The highest BCUT2D eigenvalue weighted by molar-refractivity contribution is 6.34. The van der Waals surface area contributed by atoms with Crippen LogP contribution in [-0.2, 0) is 4.79 Å². The van der Waals surface area contributed by atoms with Gasteiger partial charge in [-0.05, 0) is 54.4 Å². The van der Waals surface area contributed by atoms with Crippen LogP contribution < -0.4 is 9.80 Å². The zero-order valence-corrected chi connectivity index (χ0v) is 22.9. The van der Waals surface area contributed by atoms with Crippen LogP contribution in [0, 0.1) is 11.2 Å². The molecule has 1 fully saturated rings. The predicted octanol–water partition coefficient (Wildman–Crippen LogP) is 5.51. The van der Waals surface area contributed by atoms with E-state index in [9.17, 15) is 19.4 Å². The van der Waals surface area contributed by atoms with Gasteiger partial charge in [-0.25, -0.2) is 9.37 Å².